The van der Waals surface area contributed by atoms with Gasteiger partial charge in [0.05, 0.1) is 6.54 Å². The van der Waals surface area contributed by atoms with Crippen molar-refractivity contribution in [2.45, 2.75) is 20.4 Å². The molecular weight excluding hydrogens is 320 g/mol. The van der Waals surface area contributed by atoms with E-state index in [2.05, 4.69) is 40.8 Å². The Kier molecular flexibility index (Phi) is 8.25. The van der Waals surface area contributed by atoms with Crippen LogP contribution < -0.4 is 10.5 Å². The van der Waals surface area contributed by atoms with Gasteiger partial charge in [-0.25, -0.2) is 4.99 Å². The van der Waals surface area contributed by atoms with Crippen LogP contribution in [0.1, 0.15) is 19.4 Å². The number of hydrogen-bond donors (Lipinski definition) is 1. The zero-order valence-corrected chi connectivity index (χ0v) is 15.7. The monoisotopic (exact) mass is 350 g/mol. The molecule has 0 amide bonds. The Balaban J connectivity index is 1.77. The maximum Gasteiger partial charge on any atom is 0.191 e. The smallest absolute Gasteiger partial charge is 0.191 e. The van der Waals surface area contributed by atoms with Crippen molar-refractivity contribution in [3.8, 4) is 5.75 Å². The second-order valence-corrected chi connectivity index (χ2v) is 7.02. The van der Waals surface area contributed by atoms with E-state index in [4.69, 9.17) is 10.5 Å². The first-order chi connectivity index (χ1) is 11.7. The standard InChI is InChI=1S/C18H30N4OS/c1-3-21(4-2)9-12-23-17-7-5-16(6-8-17)15-20-18(19)22-10-13-24-14-11-22/h5-8H,3-4,9-15H2,1-2H3,(H2,19,20). The van der Waals surface area contributed by atoms with E-state index >= 15 is 0 Å². The van der Waals surface area contributed by atoms with E-state index in [1.807, 2.05) is 23.9 Å². The molecule has 1 heterocycles. The van der Waals surface area contributed by atoms with Crippen LogP contribution in [0.2, 0.25) is 0 Å². The predicted molar refractivity (Wildman–Crippen MR) is 104 cm³/mol. The molecule has 0 radical (unpaired) electrons. The summed E-state index contributed by atoms with van der Waals surface area (Å²) in [6.45, 7) is 10.8. The Morgan fingerprint density at radius 2 is 1.88 bits per heavy atom. The number of benzene rings is 1. The van der Waals surface area contributed by atoms with E-state index < -0.39 is 0 Å². The van der Waals surface area contributed by atoms with Gasteiger partial charge in [0.25, 0.3) is 0 Å². The van der Waals surface area contributed by atoms with Crippen LogP contribution in [0.4, 0.5) is 0 Å². The molecule has 0 unspecified atom stereocenters. The van der Waals surface area contributed by atoms with Gasteiger partial charge in [-0.05, 0) is 30.8 Å². The summed E-state index contributed by atoms with van der Waals surface area (Å²) in [6, 6.07) is 8.16. The highest BCUT2D eigenvalue weighted by molar-refractivity contribution is 7.99. The Labute approximate surface area is 150 Å². The molecule has 5 nitrogen and oxygen atoms in total. The van der Waals surface area contributed by atoms with Gasteiger partial charge in [0.1, 0.15) is 12.4 Å². The molecule has 1 aliphatic heterocycles. The summed E-state index contributed by atoms with van der Waals surface area (Å²) in [4.78, 5) is 9.04. The van der Waals surface area contributed by atoms with Gasteiger partial charge in [0.15, 0.2) is 5.96 Å². The second kappa shape index (κ2) is 10.5. The number of nitrogens with zero attached hydrogens (tertiary/aromatic N) is 3. The number of nitrogens with two attached hydrogens (primary N) is 1. The van der Waals surface area contributed by atoms with E-state index in [0.717, 1.165) is 62.1 Å². The molecule has 2 N–H and O–H groups in total. The first-order valence-corrected chi connectivity index (χ1v) is 9.95. The van der Waals surface area contributed by atoms with Gasteiger partial charge >= 0.3 is 0 Å². The minimum Gasteiger partial charge on any atom is -0.492 e. The van der Waals surface area contributed by atoms with E-state index in [1.165, 1.54) is 0 Å². The molecule has 24 heavy (non-hydrogen) atoms. The van der Waals surface area contributed by atoms with E-state index in [1.54, 1.807) is 0 Å². The highest BCUT2D eigenvalue weighted by Crippen LogP contribution is 2.13. The van der Waals surface area contributed by atoms with Crippen molar-refractivity contribution >= 4 is 17.7 Å². The van der Waals surface area contributed by atoms with Crippen LogP contribution in [0.3, 0.4) is 0 Å². The Bertz CT molecular complexity index is 496. The summed E-state index contributed by atoms with van der Waals surface area (Å²) in [5.41, 5.74) is 7.24. The van der Waals surface area contributed by atoms with Crippen LogP contribution in [-0.2, 0) is 6.54 Å². The number of rotatable bonds is 8. The van der Waals surface area contributed by atoms with Gasteiger partial charge in [-0.2, -0.15) is 11.8 Å². The maximum absolute atomic E-state index is 6.08. The number of likely N-dealkylation sites (N-methyl/N-ethyl adjacent to an activating group) is 1. The van der Waals surface area contributed by atoms with Crippen molar-refractivity contribution in [3.63, 3.8) is 0 Å². The number of thioether (sulfide) groups is 1. The number of guanidine groups is 1. The first kappa shape index (κ1) is 18.9. The summed E-state index contributed by atoms with van der Waals surface area (Å²) in [6.07, 6.45) is 0. The van der Waals surface area contributed by atoms with Gasteiger partial charge in [0.2, 0.25) is 0 Å². The number of aliphatic imine (C=N–C) groups is 1. The van der Waals surface area contributed by atoms with Crippen LogP contribution in [0.25, 0.3) is 0 Å². The summed E-state index contributed by atoms with van der Waals surface area (Å²) < 4.78 is 5.80. The van der Waals surface area contributed by atoms with E-state index in [0.29, 0.717) is 12.5 Å². The minimum absolute atomic E-state index is 0.620. The van der Waals surface area contributed by atoms with Crippen molar-refractivity contribution in [2.24, 2.45) is 10.7 Å². The van der Waals surface area contributed by atoms with Crippen molar-refractivity contribution in [3.05, 3.63) is 29.8 Å². The van der Waals surface area contributed by atoms with Crippen molar-refractivity contribution in [2.75, 3.05) is 50.8 Å². The van der Waals surface area contributed by atoms with Gasteiger partial charge in [0, 0.05) is 31.1 Å². The maximum atomic E-state index is 6.08. The lowest BCUT2D eigenvalue weighted by molar-refractivity contribution is 0.223. The van der Waals surface area contributed by atoms with Crippen molar-refractivity contribution in [1.82, 2.24) is 9.80 Å². The molecule has 0 aromatic heterocycles. The molecule has 0 atom stereocenters. The highest BCUT2D eigenvalue weighted by atomic mass is 32.2. The number of hydrogen-bond acceptors (Lipinski definition) is 4. The zero-order chi connectivity index (χ0) is 17.2. The lowest BCUT2D eigenvalue weighted by Gasteiger charge is -2.27. The fourth-order valence-corrected chi connectivity index (χ4v) is 3.49. The first-order valence-electron chi connectivity index (χ1n) is 8.79. The fourth-order valence-electron chi connectivity index (χ4n) is 2.59. The van der Waals surface area contributed by atoms with Crippen LogP contribution >= 0.6 is 11.8 Å². The third kappa shape index (κ3) is 6.24. The lowest BCUT2D eigenvalue weighted by Crippen LogP contribution is -2.42. The predicted octanol–water partition coefficient (Wildman–Crippen LogP) is 2.27. The van der Waals surface area contributed by atoms with Crippen LogP contribution in [-0.4, -0.2) is 66.6 Å². The SMILES string of the molecule is CCN(CC)CCOc1ccc(CN=C(N)N2CCSCC2)cc1. The van der Waals surface area contributed by atoms with Crippen LogP contribution in [0.15, 0.2) is 29.3 Å². The molecule has 1 aromatic carbocycles. The molecule has 0 saturated carbocycles. The molecule has 134 valence electrons. The number of ether oxygens (including phenoxy) is 1. The molecule has 1 aliphatic rings. The molecule has 0 aliphatic carbocycles. The second-order valence-electron chi connectivity index (χ2n) is 5.79. The average molecular weight is 351 g/mol. The molecular formula is C18H30N4OS. The quantitative estimate of drug-likeness (QED) is 0.576. The zero-order valence-electron chi connectivity index (χ0n) is 14.9. The summed E-state index contributed by atoms with van der Waals surface area (Å²) >= 11 is 1.97. The van der Waals surface area contributed by atoms with Gasteiger partial charge in [-0.1, -0.05) is 26.0 Å². The lowest BCUT2D eigenvalue weighted by atomic mass is 10.2. The highest BCUT2D eigenvalue weighted by Gasteiger charge is 2.11. The van der Waals surface area contributed by atoms with Gasteiger partial charge in [-0.15, -0.1) is 0 Å². The van der Waals surface area contributed by atoms with Crippen LogP contribution in [0.5, 0.6) is 5.75 Å². The topological polar surface area (TPSA) is 54.1 Å². The van der Waals surface area contributed by atoms with E-state index in [9.17, 15) is 0 Å². The van der Waals surface area contributed by atoms with Gasteiger partial charge < -0.3 is 20.3 Å². The molecule has 1 aromatic rings. The molecule has 6 heteroatoms. The Morgan fingerprint density at radius 1 is 1.21 bits per heavy atom. The summed E-state index contributed by atoms with van der Waals surface area (Å²) in [5.74, 6) is 3.84. The summed E-state index contributed by atoms with van der Waals surface area (Å²) in [5, 5.41) is 0. The third-order valence-corrected chi connectivity index (χ3v) is 5.20. The molecule has 2 rings (SSSR count). The fraction of sp³-hybridized carbons (Fsp3) is 0.611. The van der Waals surface area contributed by atoms with E-state index in [-0.39, 0.29) is 0 Å². The normalized spacial score (nSPS) is 15.8. The molecule has 1 fully saturated rings. The molecule has 0 bridgehead atoms. The Hall–Kier alpha value is -1.40. The van der Waals surface area contributed by atoms with Gasteiger partial charge in [-0.3, -0.25) is 0 Å². The van der Waals surface area contributed by atoms with Crippen molar-refractivity contribution in [1.29, 1.82) is 0 Å². The van der Waals surface area contributed by atoms with Crippen molar-refractivity contribution < 1.29 is 4.74 Å². The molecule has 0 spiro atoms. The largest absolute Gasteiger partial charge is 0.492 e. The molecule has 1 saturated heterocycles. The average Bonchev–Trinajstić information content (AvgIpc) is 2.65. The summed E-state index contributed by atoms with van der Waals surface area (Å²) in [7, 11) is 0. The third-order valence-electron chi connectivity index (χ3n) is 4.25. The Morgan fingerprint density at radius 3 is 2.50 bits per heavy atom. The minimum atomic E-state index is 0.620. The van der Waals surface area contributed by atoms with Crippen LogP contribution in [0, 0.1) is 0 Å².